The first-order chi connectivity index (χ1) is 6.75. The molecule has 0 aliphatic carbocycles. The number of nitrogens with two attached hydrogens (primary N) is 2. The Morgan fingerprint density at radius 2 is 1.87 bits per heavy atom. The zero-order valence-electron chi connectivity index (χ0n) is 7.23. The monoisotopic (exact) mass is 238 g/mol. The van der Waals surface area contributed by atoms with E-state index in [4.69, 9.17) is 23.1 Å². The van der Waals surface area contributed by atoms with E-state index in [9.17, 15) is 18.0 Å². The number of hydrogen-bond acceptors (Lipinski definition) is 2. The lowest BCUT2D eigenvalue weighted by atomic mass is 10.0. The normalized spacial score (nSPS) is 11.5. The first kappa shape index (κ1) is 11.6. The highest BCUT2D eigenvalue weighted by atomic mass is 35.5. The van der Waals surface area contributed by atoms with Crippen molar-refractivity contribution < 1.29 is 18.0 Å². The van der Waals surface area contributed by atoms with Gasteiger partial charge < -0.3 is 11.5 Å². The Kier molecular flexibility index (Phi) is 2.81. The summed E-state index contributed by atoms with van der Waals surface area (Å²) in [6, 6.07) is 2.06. The van der Waals surface area contributed by atoms with Gasteiger partial charge in [-0.1, -0.05) is 11.6 Å². The van der Waals surface area contributed by atoms with Gasteiger partial charge in [0.15, 0.2) is 0 Å². The number of primary amides is 1. The number of alkyl halides is 3. The number of carbonyl (C=O) groups excluding carboxylic acids is 1. The van der Waals surface area contributed by atoms with Gasteiger partial charge >= 0.3 is 6.18 Å². The molecule has 0 bridgehead atoms. The molecule has 0 aliphatic heterocycles. The molecule has 1 aromatic rings. The van der Waals surface area contributed by atoms with E-state index in [1.807, 2.05) is 0 Å². The van der Waals surface area contributed by atoms with Crippen molar-refractivity contribution in [1.82, 2.24) is 0 Å². The Morgan fingerprint density at radius 3 is 2.20 bits per heavy atom. The van der Waals surface area contributed by atoms with E-state index in [-0.39, 0.29) is 5.02 Å². The molecule has 0 aromatic heterocycles. The summed E-state index contributed by atoms with van der Waals surface area (Å²) in [5.74, 6) is -1.26. The number of amides is 1. The molecule has 4 N–H and O–H groups in total. The molecule has 1 amide bonds. The predicted octanol–water partition coefficient (Wildman–Crippen LogP) is 2.04. The summed E-state index contributed by atoms with van der Waals surface area (Å²) < 4.78 is 37.5. The van der Waals surface area contributed by atoms with E-state index >= 15 is 0 Å². The van der Waals surface area contributed by atoms with Crippen LogP contribution in [0.25, 0.3) is 0 Å². The highest BCUT2D eigenvalue weighted by Gasteiger charge is 2.38. The highest BCUT2D eigenvalue weighted by molar-refractivity contribution is 6.34. The zero-order valence-corrected chi connectivity index (χ0v) is 7.99. The Morgan fingerprint density at radius 1 is 1.33 bits per heavy atom. The van der Waals surface area contributed by atoms with Crippen LogP contribution >= 0.6 is 11.6 Å². The van der Waals surface area contributed by atoms with Crippen molar-refractivity contribution >= 4 is 23.2 Å². The van der Waals surface area contributed by atoms with Crippen LogP contribution in [0.3, 0.4) is 0 Å². The Bertz CT molecular complexity index is 417. The van der Waals surface area contributed by atoms with Crippen LogP contribution in [0.1, 0.15) is 15.9 Å². The fraction of sp³-hybridized carbons (Fsp3) is 0.125. The number of anilines is 1. The topological polar surface area (TPSA) is 69.1 Å². The van der Waals surface area contributed by atoms with Crippen LogP contribution in [-0.4, -0.2) is 5.91 Å². The SMILES string of the molecule is NC(=O)c1c(Cl)ccc(N)c1C(F)(F)F. The van der Waals surface area contributed by atoms with Crippen molar-refractivity contribution in [3.63, 3.8) is 0 Å². The molecule has 1 aromatic carbocycles. The second-order valence-electron chi connectivity index (χ2n) is 2.75. The van der Waals surface area contributed by atoms with Crippen LogP contribution < -0.4 is 11.5 Å². The molecule has 0 fully saturated rings. The van der Waals surface area contributed by atoms with Gasteiger partial charge in [0, 0.05) is 5.69 Å². The lowest BCUT2D eigenvalue weighted by molar-refractivity contribution is -0.137. The van der Waals surface area contributed by atoms with E-state index in [0.717, 1.165) is 12.1 Å². The van der Waals surface area contributed by atoms with Gasteiger partial charge in [-0.25, -0.2) is 0 Å². The minimum atomic E-state index is -4.76. The van der Waals surface area contributed by atoms with Gasteiger partial charge in [-0.15, -0.1) is 0 Å². The Hall–Kier alpha value is -1.43. The van der Waals surface area contributed by atoms with Crippen LogP contribution in [0.15, 0.2) is 12.1 Å². The van der Waals surface area contributed by atoms with Crippen molar-refractivity contribution in [2.45, 2.75) is 6.18 Å². The molecular weight excluding hydrogens is 233 g/mol. The maximum absolute atomic E-state index is 12.5. The molecule has 0 saturated carbocycles. The fourth-order valence-corrected chi connectivity index (χ4v) is 1.39. The minimum absolute atomic E-state index is 0.371. The standard InChI is InChI=1S/C8H6ClF3N2O/c9-3-1-2-4(13)6(8(10,11)12)5(3)7(14)15/h1-2H,13H2,(H2,14,15). The second-order valence-corrected chi connectivity index (χ2v) is 3.16. The maximum Gasteiger partial charge on any atom is 0.419 e. The average molecular weight is 239 g/mol. The number of halogens is 4. The van der Waals surface area contributed by atoms with Crippen molar-refractivity contribution in [3.05, 3.63) is 28.3 Å². The van der Waals surface area contributed by atoms with E-state index in [1.165, 1.54) is 0 Å². The largest absolute Gasteiger partial charge is 0.419 e. The first-order valence-electron chi connectivity index (χ1n) is 3.70. The average Bonchev–Trinajstić information content (AvgIpc) is 2.05. The third-order valence-corrected chi connectivity index (χ3v) is 2.03. The molecule has 0 spiro atoms. The summed E-state index contributed by atoms with van der Waals surface area (Å²) in [7, 11) is 0. The zero-order chi connectivity index (χ0) is 11.8. The van der Waals surface area contributed by atoms with Gasteiger partial charge in [-0.05, 0) is 12.1 Å². The number of nitrogen functional groups attached to an aromatic ring is 1. The van der Waals surface area contributed by atoms with Crippen molar-refractivity contribution in [3.8, 4) is 0 Å². The molecule has 0 radical (unpaired) electrons. The molecule has 3 nitrogen and oxygen atoms in total. The summed E-state index contributed by atoms with van der Waals surface area (Å²) in [4.78, 5) is 10.8. The molecule has 0 aliphatic rings. The minimum Gasteiger partial charge on any atom is -0.398 e. The predicted molar refractivity (Wildman–Crippen MR) is 49.4 cm³/mol. The summed E-state index contributed by atoms with van der Waals surface area (Å²) in [6.07, 6.45) is -4.76. The van der Waals surface area contributed by atoms with Crippen LogP contribution in [0.4, 0.5) is 18.9 Å². The van der Waals surface area contributed by atoms with Crippen molar-refractivity contribution in [2.24, 2.45) is 5.73 Å². The van der Waals surface area contributed by atoms with E-state index in [0.29, 0.717) is 0 Å². The number of carbonyl (C=O) groups is 1. The molecular formula is C8H6ClF3N2O. The second kappa shape index (κ2) is 3.62. The summed E-state index contributed by atoms with van der Waals surface area (Å²) in [5, 5.41) is -0.371. The summed E-state index contributed by atoms with van der Waals surface area (Å²) in [5.41, 5.74) is 7.26. The smallest absolute Gasteiger partial charge is 0.398 e. The van der Waals surface area contributed by atoms with Crippen LogP contribution in [0, 0.1) is 0 Å². The quantitative estimate of drug-likeness (QED) is 0.735. The number of hydrogen-bond donors (Lipinski definition) is 2. The Balaban J connectivity index is 3.60. The van der Waals surface area contributed by atoms with E-state index < -0.39 is 28.9 Å². The maximum atomic E-state index is 12.5. The van der Waals surface area contributed by atoms with Gasteiger partial charge in [0.2, 0.25) is 0 Å². The summed E-state index contributed by atoms with van der Waals surface area (Å²) in [6.45, 7) is 0. The molecule has 15 heavy (non-hydrogen) atoms. The van der Waals surface area contributed by atoms with Gasteiger partial charge in [0.1, 0.15) is 0 Å². The van der Waals surface area contributed by atoms with E-state index in [2.05, 4.69) is 0 Å². The lowest BCUT2D eigenvalue weighted by Gasteiger charge is -2.14. The molecule has 7 heteroatoms. The fourth-order valence-electron chi connectivity index (χ4n) is 1.14. The first-order valence-corrected chi connectivity index (χ1v) is 4.08. The molecule has 82 valence electrons. The molecule has 0 unspecified atom stereocenters. The molecule has 0 atom stereocenters. The molecule has 1 rings (SSSR count). The van der Waals surface area contributed by atoms with Crippen molar-refractivity contribution in [2.75, 3.05) is 5.73 Å². The third kappa shape index (κ3) is 2.15. The van der Waals surface area contributed by atoms with Gasteiger partial charge in [0.25, 0.3) is 5.91 Å². The van der Waals surface area contributed by atoms with Gasteiger partial charge in [-0.3, -0.25) is 4.79 Å². The van der Waals surface area contributed by atoms with Gasteiger partial charge in [-0.2, -0.15) is 13.2 Å². The highest BCUT2D eigenvalue weighted by Crippen LogP contribution is 2.38. The van der Waals surface area contributed by atoms with Crippen molar-refractivity contribution in [1.29, 1.82) is 0 Å². The van der Waals surface area contributed by atoms with Crippen LogP contribution in [0.5, 0.6) is 0 Å². The number of benzene rings is 1. The molecule has 0 saturated heterocycles. The van der Waals surface area contributed by atoms with Crippen LogP contribution in [-0.2, 0) is 6.18 Å². The third-order valence-electron chi connectivity index (χ3n) is 1.72. The number of rotatable bonds is 1. The Labute approximate surface area is 87.8 Å². The van der Waals surface area contributed by atoms with Gasteiger partial charge in [0.05, 0.1) is 16.1 Å². The molecule has 0 heterocycles. The van der Waals surface area contributed by atoms with E-state index in [1.54, 1.807) is 0 Å². The van der Waals surface area contributed by atoms with Crippen LogP contribution in [0.2, 0.25) is 5.02 Å². The lowest BCUT2D eigenvalue weighted by Crippen LogP contribution is -2.21. The summed E-state index contributed by atoms with van der Waals surface area (Å²) >= 11 is 5.45.